The van der Waals surface area contributed by atoms with E-state index in [0.29, 0.717) is 18.2 Å². The minimum Gasteiger partial charge on any atom is -0.494 e. The molecular weight excluding hydrogens is 269 g/mol. The molecule has 1 amide bonds. The number of likely N-dealkylation sites (N-methyl/N-ethyl adjacent to an activating group) is 1. The quantitative estimate of drug-likeness (QED) is 0.775. The second kappa shape index (κ2) is 7.25. The molecule has 3 nitrogen and oxygen atoms in total. The number of halogens is 1. The molecule has 1 aromatic rings. The molecule has 2 rings (SSSR count). The fraction of sp³-hybridized carbons (Fsp3) is 0.471. The van der Waals surface area contributed by atoms with Gasteiger partial charge in [-0.1, -0.05) is 18.9 Å². The van der Waals surface area contributed by atoms with Crippen molar-refractivity contribution in [1.29, 1.82) is 0 Å². The molecule has 1 aromatic carbocycles. The van der Waals surface area contributed by atoms with Gasteiger partial charge in [-0.15, -0.1) is 0 Å². The molecule has 0 atom stereocenters. The zero-order valence-electron chi connectivity index (χ0n) is 12.6. The van der Waals surface area contributed by atoms with Gasteiger partial charge in [-0.25, -0.2) is 4.39 Å². The molecule has 0 spiro atoms. The fourth-order valence-electron chi connectivity index (χ4n) is 2.86. The summed E-state index contributed by atoms with van der Waals surface area (Å²) in [5, 5.41) is 0. The monoisotopic (exact) mass is 291 g/mol. The van der Waals surface area contributed by atoms with Gasteiger partial charge in [0.05, 0.1) is 7.11 Å². The number of ether oxygens (including phenoxy) is 1. The summed E-state index contributed by atoms with van der Waals surface area (Å²) in [5.41, 5.74) is 0.657. The van der Waals surface area contributed by atoms with E-state index in [2.05, 4.69) is 0 Å². The molecule has 0 aromatic heterocycles. The van der Waals surface area contributed by atoms with Gasteiger partial charge in [-0.3, -0.25) is 4.79 Å². The summed E-state index contributed by atoms with van der Waals surface area (Å²) in [5.74, 6) is -0.213. The molecule has 0 aliphatic heterocycles. The Morgan fingerprint density at radius 3 is 2.71 bits per heavy atom. The Bertz CT molecular complexity index is 522. The van der Waals surface area contributed by atoms with Gasteiger partial charge < -0.3 is 9.64 Å². The highest BCUT2D eigenvalue weighted by Gasteiger charge is 2.23. The van der Waals surface area contributed by atoms with E-state index in [1.54, 1.807) is 18.2 Å². The number of carbonyl (C=O) groups is 1. The maximum absolute atomic E-state index is 13.6. The fourth-order valence-corrected chi connectivity index (χ4v) is 2.86. The van der Waals surface area contributed by atoms with E-state index >= 15 is 0 Å². The molecule has 4 heteroatoms. The van der Waals surface area contributed by atoms with Gasteiger partial charge in [0.15, 0.2) is 11.6 Å². The number of methoxy groups -OCH3 is 1. The smallest absolute Gasteiger partial charge is 0.246 e. The predicted molar refractivity (Wildman–Crippen MR) is 81.6 cm³/mol. The van der Waals surface area contributed by atoms with Crippen LogP contribution in [0.1, 0.15) is 38.2 Å². The third-order valence-corrected chi connectivity index (χ3v) is 3.98. The molecule has 0 heterocycles. The standard InChI is InChI=1S/C17H22FNO2/c1-3-19(14-6-4-5-7-14)17(20)11-9-13-8-10-16(21-2)15(18)12-13/h8-12,14H,3-7H2,1-2H3. The molecular formula is C17H22FNO2. The van der Waals surface area contributed by atoms with Crippen molar-refractivity contribution < 1.29 is 13.9 Å². The van der Waals surface area contributed by atoms with Crippen LogP contribution in [0.3, 0.4) is 0 Å². The molecule has 1 aliphatic rings. The van der Waals surface area contributed by atoms with Crippen LogP contribution in [0.5, 0.6) is 5.75 Å². The van der Waals surface area contributed by atoms with Crippen molar-refractivity contribution in [2.24, 2.45) is 0 Å². The van der Waals surface area contributed by atoms with Crippen molar-refractivity contribution in [3.05, 3.63) is 35.7 Å². The molecule has 0 unspecified atom stereocenters. The highest BCUT2D eigenvalue weighted by molar-refractivity contribution is 5.92. The van der Waals surface area contributed by atoms with Gasteiger partial charge in [-0.2, -0.15) is 0 Å². The van der Waals surface area contributed by atoms with Crippen LogP contribution in [-0.2, 0) is 4.79 Å². The van der Waals surface area contributed by atoms with Gasteiger partial charge in [0.25, 0.3) is 0 Å². The second-order valence-electron chi connectivity index (χ2n) is 5.29. The Morgan fingerprint density at radius 2 is 2.14 bits per heavy atom. The van der Waals surface area contributed by atoms with E-state index in [1.807, 2.05) is 11.8 Å². The van der Waals surface area contributed by atoms with E-state index in [4.69, 9.17) is 4.74 Å². The SMILES string of the molecule is CCN(C(=O)C=Cc1ccc(OC)c(F)c1)C1CCCC1. The Morgan fingerprint density at radius 1 is 1.43 bits per heavy atom. The summed E-state index contributed by atoms with van der Waals surface area (Å²) in [6.45, 7) is 2.71. The highest BCUT2D eigenvalue weighted by atomic mass is 19.1. The number of hydrogen-bond acceptors (Lipinski definition) is 2. The number of rotatable bonds is 5. The Labute approximate surface area is 125 Å². The summed E-state index contributed by atoms with van der Waals surface area (Å²) in [4.78, 5) is 14.2. The van der Waals surface area contributed by atoms with Gasteiger partial charge in [0.2, 0.25) is 5.91 Å². The normalized spacial score (nSPS) is 15.6. The molecule has 0 saturated heterocycles. The number of carbonyl (C=O) groups excluding carboxylic acids is 1. The van der Waals surface area contributed by atoms with Crippen LogP contribution in [0.2, 0.25) is 0 Å². The van der Waals surface area contributed by atoms with Crippen molar-refractivity contribution in [3.63, 3.8) is 0 Å². The predicted octanol–water partition coefficient (Wildman–Crippen LogP) is 3.64. The zero-order chi connectivity index (χ0) is 15.2. The maximum atomic E-state index is 13.6. The van der Waals surface area contributed by atoms with Crippen LogP contribution in [0.4, 0.5) is 4.39 Å². The van der Waals surface area contributed by atoms with Crippen molar-refractivity contribution in [3.8, 4) is 5.75 Å². The van der Waals surface area contributed by atoms with E-state index in [-0.39, 0.29) is 11.7 Å². The van der Waals surface area contributed by atoms with Crippen LogP contribution >= 0.6 is 0 Å². The summed E-state index contributed by atoms with van der Waals surface area (Å²) in [6.07, 6.45) is 7.75. The molecule has 1 aliphatic carbocycles. The molecule has 1 saturated carbocycles. The average molecular weight is 291 g/mol. The Kier molecular flexibility index (Phi) is 5.37. The molecule has 114 valence electrons. The van der Waals surface area contributed by atoms with E-state index < -0.39 is 5.82 Å². The van der Waals surface area contributed by atoms with Crippen molar-refractivity contribution in [2.75, 3.05) is 13.7 Å². The maximum Gasteiger partial charge on any atom is 0.246 e. The Hall–Kier alpha value is -1.84. The minimum absolute atomic E-state index is 0.000580. The summed E-state index contributed by atoms with van der Waals surface area (Å²) in [6, 6.07) is 5.03. The molecule has 0 bridgehead atoms. The molecule has 0 N–H and O–H groups in total. The van der Waals surface area contributed by atoms with Crippen LogP contribution in [0.25, 0.3) is 6.08 Å². The number of benzene rings is 1. The highest BCUT2D eigenvalue weighted by Crippen LogP contribution is 2.24. The van der Waals surface area contributed by atoms with Gasteiger partial charge >= 0.3 is 0 Å². The summed E-state index contributed by atoms with van der Waals surface area (Å²) >= 11 is 0. The lowest BCUT2D eigenvalue weighted by atomic mass is 10.1. The van der Waals surface area contributed by atoms with Crippen LogP contribution in [0.15, 0.2) is 24.3 Å². The molecule has 0 radical (unpaired) electrons. The third-order valence-electron chi connectivity index (χ3n) is 3.98. The van der Waals surface area contributed by atoms with Crippen molar-refractivity contribution >= 4 is 12.0 Å². The first-order chi connectivity index (χ1) is 10.2. The number of amides is 1. The van der Waals surface area contributed by atoms with Crippen molar-refractivity contribution in [1.82, 2.24) is 4.90 Å². The van der Waals surface area contributed by atoms with E-state index in [9.17, 15) is 9.18 Å². The molecule has 1 fully saturated rings. The summed E-state index contributed by atoms with van der Waals surface area (Å²) in [7, 11) is 1.43. The summed E-state index contributed by atoms with van der Waals surface area (Å²) < 4.78 is 18.5. The first-order valence-corrected chi connectivity index (χ1v) is 7.48. The minimum atomic E-state index is -0.421. The largest absolute Gasteiger partial charge is 0.494 e. The first kappa shape index (κ1) is 15.5. The van der Waals surface area contributed by atoms with E-state index in [1.165, 1.54) is 32.1 Å². The van der Waals surface area contributed by atoms with Gasteiger partial charge in [-0.05, 0) is 43.5 Å². The second-order valence-corrected chi connectivity index (χ2v) is 5.29. The first-order valence-electron chi connectivity index (χ1n) is 7.48. The average Bonchev–Trinajstić information content (AvgIpc) is 3.00. The van der Waals surface area contributed by atoms with Crippen LogP contribution < -0.4 is 4.74 Å². The lowest BCUT2D eigenvalue weighted by Crippen LogP contribution is -2.37. The van der Waals surface area contributed by atoms with Crippen LogP contribution in [-0.4, -0.2) is 30.5 Å². The third kappa shape index (κ3) is 3.84. The van der Waals surface area contributed by atoms with E-state index in [0.717, 1.165) is 12.8 Å². The van der Waals surface area contributed by atoms with Crippen LogP contribution in [0, 0.1) is 5.82 Å². The number of nitrogens with zero attached hydrogens (tertiary/aromatic N) is 1. The zero-order valence-corrected chi connectivity index (χ0v) is 12.6. The van der Waals surface area contributed by atoms with Crippen molar-refractivity contribution in [2.45, 2.75) is 38.6 Å². The Balaban J connectivity index is 2.05. The molecule has 21 heavy (non-hydrogen) atoms. The number of hydrogen-bond donors (Lipinski definition) is 0. The van der Waals surface area contributed by atoms with Gasteiger partial charge in [0.1, 0.15) is 0 Å². The van der Waals surface area contributed by atoms with Gasteiger partial charge in [0, 0.05) is 18.7 Å². The topological polar surface area (TPSA) is 29.5 Å². The lowest BCUT2D eigenvalue weighted by Gasteiger charge is -2.26. The lowest BCUT2D eigenvalue weighted by molar-refractivity contribution is -0.127.